The quantitative estimate of drug-likeness (QED) is 0.896. The maximum absolute atomic E-state index is 12.2. The number of ether oxygens (including phenoxy) is 1. The van der Waals surface area contributed by atoms with Gasteiger partial charge in [-0.2, -0.15) is 0 Å². The average Bonchev–Trinajstić information content (AvgIpc) is 2.90. The predicted molar refractivity (Wildman–Crippen MR) is 75.1 cm³/mol. The maximum Gasteiger partial charge on any atom is 0.307 e. The molecular weight excluding hydrogens is 282 g/mol. The third-order valence-electron chi connectivity index (χ3n) is 3.59. The lowest BCUT2D eigenvalue weighted by molar-refractivity contribution is -0.145. The van der Waals surface area contributed by atoms with Crippen LogP contribution in [0, 0.1) is 11.8 Å². The zero-order chi connectivity index (χ0) is 14.7. The summed E-state index contributed by atoms with van der Waals surface area (Å²) in [6, 6.07) is 4.90. The highest BCUT2D eigenvalue weighted by Crippen LogP contribution is 2.33. The highest BCUT2D eigenvalue weighted by atomic mass is 35.5. The second kappa shape index (κ2) is 6.13. The minimum atomic E-state index is -0.906. The standard InChI is InChI=1S/C14H16ClNO4/c1-20-12-7-8(5-6-11(12)15)16-13(17)9-3-2-4-10(9)14(18)19/h5-7,9-10H,2-4H2,1H3,(H,16,17)(H,18,19)/t9-,10+/m1/s1. The van der Waals surface area contributed by atoms with Crippen LogP contribution in [0.2, 0.25) is 5.02 Å². The van der Waals surface area contributed by atoms with Crippen LogP contribution in [0.15, 0.2) is 18.2 Å². The molecule has 108 valence electrons. The van der Waals surface area contributed by atoms with Crippen LogP contribution in [0.25, 0.3) is 0 Å². The van der Waals surface area contributed by atoms with E-state index in [2.05, 4.69) is 5.32 Å². The Morgan fingerprint density at radius 2 is 2.05 bits per heavy atom. The zero-order valence-corrected chi connectivity index (χ0v) is 11.8. The molecule has 6 heteroatoms. The Balaban J connectivity index is 2.09. The Labute approximate surface area is 121 Å². The molecule has 2 rings (SSSR count). The lowest BCUT2D eigenvalue weighted by Gasteiger charge is -2.16. The van der Waals surface area contributed by atoms with Gasteiger partial charge in [-0.1, -0.05) is 18.0 Å². The number of aliphatic carboxylic acids is 1. The first-order valence-corrected chi connectivity index (χ1v) is 6.78. The summed E-state index contributed by atoms with van der Waals surface area (Å²) in [7, 11) is 1.49. The fourth-order valence-electron chi connectivity index (χ4n) is 2.54. The molecule has 0 bridgehead atoms. The molecule has 0 radical (unpaired) electrons. The van der Waals surface area contributed by atoms with Crippen LogP contribution < -0.4 is 10.1 Å². The SMILES string of the molecule is COc1cc(NC(=O)[C@@H]2CCC[C@@H]2C(=O)O)ccc1Cl. The van der Waals surface area contributed by atoms with Crippen molar-refractivity contribution in [1.82, 2.24) is 0 Å². The van der Waals surface area contributed by atoms with Crippen molar-refractivity contribution >= 4 is 29.2 Å². The molecule has 0 aromatic heterocycles. The van der Waals surface area contributed by atoms with E-state index in [1.807, 2.05) is 0 Å². The van der Waals surface area contributed by atoms with E-state index in [1.165, 1.54) is 7.11 Å². The van der Waals surface area contributed by atoms with Gasteiger partial charge in [0.15, 0.2) is 0 Å². The number of carboxylic acid groups (broad SMARTS) is 1. The molecule has 0 unspecified atom stereocenters. The Morgan fingerprint density at radius 3 is 2.70 bits per heavy atom. The van der Waals surface area contributed by atoms with Crippen molar-refractivity contribution in [3.63, 3.8) is 0 Å². The first-order valence-electron chi connectivity index (χ1n) is 6.40. The number of halogens is 1. The van der Waals surface area contributed by atoms with Gasteiger partial charge in [-0.3, -0.25) is 9.59 Å². The molecule has 0 saturated heterocycles. The Morgan fingerprint density at radius 1 is 1.35 bits per heavy atom. The molecule has 0 heterocycles. The molecule has 1 aliphatic rings. The average molecular weight is 298 g/mol. The zero-order valence-electron chi connectivity index (χ0n) is 11.1. The number of amides is 1. The number of rotatable bonds is 4. The molecule has 1 fully saturated rings. The van der Waals surface area contributed by atoms with Crippen molar-refractivity contribution in [2.75, 3.05) is 12.4 Å². The lowest BCUT2D eigenvalue weighted by atomic mass is 9.95. The van der Waals surface area contributed by atoms with E-state index >= 15 is 0 Å². The Bertz CT molecular complexity index is 532. The Hall–Kier alpha value is -1.75. The predicted octanol–water partition coefficient (Wildman–Crippen LogP) is 2.79. The van der Waals surface area contributed by atoms with E-state index in [-0.39, 0.29) is 5.91 Å². The molecule has 1 saturated carbocycles. The third-order valence-corrected chi connectivity index (χ3v) is 3.90. The number of anilines is 1. The number of hydrogen-bond acceptors (Lipinski definition) is 3. The fourth-order valence-corrected chi connectivity index (χ4v) is 2.74. The molecule has 0 aliphatic heterocycles. The van der Waals surface area contributed by atoms with Crippen molar-refractivity contribution in [2.45, 2.75) is 19.3 Å². The first-order chi connectivity index (χ1) is 9.52. The van der Waals surface area contributed by atoms with Gasteiger partial charge in [-0.05, 0) is 25.0 Å². The summed E-state index contributed by atoms with van der Waals surface area (Å²) < 4.78 is 5.07. The molecule has 1 aliphatic carbocycles. The summed E-state index contributed by atoms with van der Waals surface area (Å²) in [4.78, 5) is 23.3. The molecule has 5 nitrogen and oxygen atoms in total. The topological polar surface area (TPSA) is 75.6 Å². The summed E-state index contributed by atoms with van der Waals surface area (Å²) in [6.45, 7) is 0. The van der Waals surface area contributed by atoms with Crippen LogP contribution in [0.4, 0.5) is 5.69 Å². The van der Waals surface area contributed by atoms with Crippen molar-refractivity contribution in [3.05, 3.63) is 23.2 Å². The van der Waals surface area contributed by atoms with Gasteiger partial charge in [0.1, 0.15) is 5.75 Å². The fraction of sp³-hybridized carbons (Fsp3) is 0.429. The number of carbonyl (C=O) groups excluding carboxylic acids is 1. The minimum absolute atomic E-state index is 0.265. The number of carboxylic acids is 1. The van der Waals surface area contributed by atoms with E-state index in [1.54, 1.807) is 18.2 Å². The smallest absolute Gasteiger partial charge is 0.307 e. The Kier molecular flexibility index (Phi) is 4.49. The second-order valence-electron chi connectivity index (χ2n) is 4.82. The van der Waals surface area contributed by atoms with Crippen LogP contribution in [0.5, 0.6) is 5.75 Å². The highest BCUT2D eigenvalue weighted by molar-refractivity contribution is 6.32. The van der Waals surface area contributed by atoms with Crippen molar-refractivity contribution < 1.29 is 19.4 Å². The minimum Gasteiger partial charge on any atom is -0.495 e. The van der Waals surface area contributed by atoms with Gasteiger partial charge in [0.2, 0.25) is 5.91 Å². The molecule has 2 atom stereocenters. The van der Waals surface area contributed by atoms with E-state index in [4.69, 9.17) is 21.4 Å². The number of methoxy groups -OCH3 is 1. The van der Waals surface area contributed by atoms with Crippen LogP contribution in [0.3, 0.4) is 0 Å². The van der Waals surface area contributed by atoms with Gasteiger partial charge < -0.3 is 15.2 Å². The van der Waals surface area contributed by atoms with Crippen LogP contribution >= 0.6 is 11.6 Å². The lowest BCUT2D eigenvalue weighted by Crippen LogP contribution is -2.29. The normalized spacial score (nSPS) is 21.5. The van der Waals surface area contributed by atoms with Crippen LogP contribution in [-0.4, -0.2) is 24.1 Å². The summed E-state index contributed by atoms with van der Waals surface area (Å²) >= 11 is 5.91. The monoisotopic (exact) mass is 297 g/mol. The summed E-state index contributed by atoms with van der Waals surface area (Å²) in [5.74, 6) is -1.78. The molecule has 20 heavy (non-hydrogen) atoms. The first kappa shape index (κ1) is 14.7. The van der Waals surface area contributed by atoms with Crippen molar-refractivity contribution in [2.24, 2.45) is 11.8 Å². The van der Waals surface area contributed by atoms with Crippen LogP contribution in [0.1, 0.15) is 19.3 Å². The number of hydrogen-bond donors (Lipinski definition) is 2. The summed E-state index contributed by atoms with van der Waals surface area (Å²) in [5.41, 5.74) is 0.548. The van der Waals surface area contributed by atoms with E-state index in [0.717, 1.165) is 6.42 Å². The van der Waals surface area contributed by atoms with Crippen molar-refractivity contribution in [1.29, 1.82) is 0 Å². The van der Waals surface area contributed by atoms with E-state index < -0.39 is 17.8 Å². The number of nitrogens with one attached hydrogen (secondary N) is 1. The van der Waals surface area contributed by atoms with Crippen LogP contribution in [-0.2, 0) is 9.59 Å². The van der Waals surface area contributed by atoms with Gasteiger partial charge in [0.25, 0.3) is 0 Å². The highest BCUT2D eigenvalue weighted by Gasteiger charge is 2.37. The molecular formula is C14H16ClNO4. The second-order valence-corrected chi connectivity index (χ2v) is 5.23. The molecule has 2 N–H and O–H groups in total. The number of carbonyl (C=O) groups is 2. The van der Waals surface area contributed by atoms with Gasteiger partial charge in [-0.25, -0.2) is 0 Å². The molecule has 0 spiro atoms. The van der Waals surface area contributed by atoms with Crippen molar-refractivity contribution in [3.8, 4) is 5.75 Å². The van der Waals surface area contributed by atoms with E-state index in [0.29, 0.717) is 29.3 Å². The number of benzene rings is 1. The third kappa shape index (κ3) is 3.04. The van der Waals surface area contributed by atoms with Gasteiger partial charge in [-0.15, -0.1) is 0 Å². The summed E-state index contributed by atoms with van der Waals surface area (Å²) in [6.07, 6.45) is 1.92. The van der Waals surface area contributed by atoms with Gasteiger partial charge in [0, 0.05) is 11.8 Å². The van der Waals surface area contributed by atoms with Gasteiger partial charge in [0.05, 0.1) is 24.0 Å². The maximum atomic E-state index is 12.2. The molecule has 1 aromatic rings. The molecule has 1 amide bonds. The summed E-state index contributed by atoms with van der Waals surface area (Å²) in [5, 5.41) is 12.3. The van der Waals surface area contributed by atoms with Gasteiger partial charge >= 0.3 is 5.97 Å². The largest absolute Gasteiger partial charge is 0.495 e. The molecule has 1 aromatic carbocycles. The van der Waals surface area contributed by atoms with E-state index in [9.17, 15) is 9.59 Å².